The number of benzene rings is 2. The third-order valence-electron chi connectivity index (χ3n) is 4.64. The van der Waals surface area contributed by atoms with Crippen molar-refractivity contribution in [1.82, 2.24) is 9.88 Å². The average Bonchev–Trinajstić information content (AvgIpc) is 2.76. The minimum atomic E-state index is -0.498. The smallest absolute Gasteiger partial charge is 0.257 e. The summed E-state index contributed by atoms with van der Waals surface area (Å²) >= 11 is 18.3. The molecular formula is C23H19Cl3N4O2. The number of anilines is 1. The molecule has 1 aromatic heterocycles. The van der Waals surface area contributed by atoms with E-state index in [1.54, 1.807) is 55.4 Å². The highest BCUT2D eigenvalue weighted by atomic mass is 35.5. The second kappa shape index (κ2) is 10.1. The first-order valence-electron chi connectivity index (χ1n) is 9.46. The number of hydrogen-bond acceptors (Lipinski definition) is 4. The van der Waals surface area contributed by atoms with Crippen molar-refractivity contribution in [1.29, 1.82) is 5.41 Å². The number of halogens is 3. The van der Waals surface area contributed by atoms with E-state index in [-0.39, 0.29) is 27.8 Å². The first-order valence-corrected chi connectivity index (χ1v) is 10.6. The third kappa shape index (κ3) is 5.65. The zero-order valence-electron chi connectivity index (χ0n) is 17.2. The van der Waals surface area contributed by atoms with Crippen molar-refractivity contribution < 1.29 is 9.59 Å². The second-order valence-corrected chi connectivity index (χ2v) is 8.43. The third-order valence-corrected chi connectivity index (χ3v) is 5.42. The number of carbonyl (C=O) groups is 2. The molecule has 0 fully saturated rings. The van der Waals surface area contributed by atoms with E-state index in [2.05, 4.69) is 10.3 Å². The van der Waals surface area contributed by atoms with Gasteiger partial charge in [0.15, 0.2) is 5.78 Å². The van der Waals surface area contributed by atoms with Crippen molar-refractivity contribution in [2.75, 3.05) is 19.4 Å². The maximum Gasteiger partial charge on any atom is 0.257 e. The molecule has 1 heterocycles. The summed E-state index contributed by atoms with van der Waals surface area (Å²) in [6, 6.07) is 12.8. The molecule has 0 saturated heterocycles. The number of carbonyl (C=O) groups excluding carboxylic acids is 2. The highest BCUT2D eigenvalue weighted by Crippen LogP contribution is 2.28. The van der Waals surface area contributed by atoms with Crippen LogP contribution in [0.1, 0.15) is 31.8 Å². The lowest BCUT2D eigenvalue weighted by atomic mass is 9.97. The SMILES string of the molecule is CN(C)C(=N)c1ccc(C(=O)Cc2c(Cl)cc(Cl)cc2C(=O)Nc2ccc(Cl)cn2)cc1. The van der Waals surface area contributed by atoms with Crippen LogP contribution in [-0.4, -0.2) is 41.5 Å². The summed E-state index contributed by atoms with van der Waals surface area (Å²) in [4.78, 5) is 31.5. The molecule has 0 saturated carbocycles. The molecule has 0 aliphatic carbocycles. The Bertz CT molecular complexity index is 1180. The number of rotatable bonds is 6. The van der Waals surface area contributed by atoms with Crippen LogP contribution in [0, 0.1) is 5.41 Å². The summed E-state index contributed by atoms with van der Waals surface area (Å²) in [5, 5.41) is 11.6. The Hall–Kier alpha value is -2.93. The van der Waals surface area contributed by atoms with Crippen molar-refractivity contribution in [3.63, 3.8) is 0 Å². The van der Waals surface area contributed by atoms with E-state index in [1.165, 1.54) is 18.3 Å². The van der Waals surface area contributed by atoms with Gasteiger partial charge in [-0.25, -0.2) is 4.98 Å². The summed E-state index contributed by atoms with van der Waals surface area (Å²) in [5.41, 5.74) is 1.67. The topological polar surface area (TPSA) is 86.2 Å². The van der Waals surface area contributed by atoms with Gasteiger partial charge in [-0.1, -0.05) is 59.1 Å². The van der Waals surface area contributed by atoms with Crippen LogP contribution in [0.3, 0.4) is 0 Å². The van der Waals surface area contributed by atoms with Crippen molar-refractivity contribution in [3.05, 3.63) is 92.0 Å². The molecule has 3 aromatic rings. The van der Waals surface area contributed by atoms with Gasteiger partial charge in [-0.15, -0.1) is 0 Å². The number of amides is 1. The summed E-state index contributed by atoms with van der Waals surface area (Å²) < 4.78 is 0. The molecule has 1 amide bonds. The van der Waals surface area contributed by atoms with Crippen molar-refractivity contribution >= 4 is 58.1 Å². The van der Waals surface area contributed by atoms with Crippen LogP contribution in [0.4, 0.5) is 5.82 Å². The Morgan fingerprint density at radius 1 is 0.969 bits per heavy atom. The molecule has 0 radical (unpaired) electrons. The van der Waals surface area contributed by atoms with E-state index >= 15 is 0 Å². The fraction of sp³-hybridized carbons (Fsp3) is 0.130. The predicted octanol–water partition coefficient (Wildman–Crippen LogP) is 5.61. The van der Waals surface area contributed by atoms with Gasteiger partial charge >= 0.3 is 0 Å². The maximum atomic E-state index is 12.9. The Morgan fingerprint density at radius 3 is 2.22 bits per heavy atom. The fourth-order valence-corrected chi connectivity index (χ4v) is 3.63. The first-order chi connectivity index (χ1) is 15.2. The van der Waals surface area contributed by atoms with Gasteiger partial charge in [0, 0.05) is 53.4 Å². The zero-order valence-corrected chi connectivity index (χ0v) is 19.5. The van der Waals surface area contributed by atoms with Gasteiger partial charge in [-0.2, -0.15) is 0 Å². The standard InChI is InChI=1S/C23H19Cl3N4O2/c1-30(2)22(27)14-5-3-13(4-6-14)20(31)11-17-18(9-16(25)10-19(17)26)23(32)29-21-8-7-15(24)12-28-21/h3-10,12,27H,11H2,1-2H3,(H,28,29,32). The van der Waals surface area contributed by atoms with Crippen LogP contribution in [0.5, 0.6) is 0 Å². The normalized spacial score (nSPS) is 10.5. The monoisotopic (exact) mass is 488 g/mol. The Labute approximate surface area is 200 Å². The number of aromatic nitrogens is 1. The van der Waals surface area contributed by atoms with Gasteiger partial charge in [0.25, 0.3) is 5.91 Å². The predicted molar refractivity (Wildman–Crippen MR) is 129 cm³/mol. The van der Waals surface area contributed by atoms with Gasteiger partial charge in [0.05, 0.1) is 5.02 Å². The fourth-order valence-electron chi connectivity index (χ4n) is 2.95. The summed E-state index contributed by atoms with van der Waals surface area (Å²) in [6.07, 6.45) is 1.31. The highest BCUT2D eigenvalue weighted by Gasteiger charge is 2.20. The van der Waals surface area contributed by atoms with Crippen LogP contribution in [0.25, 0.3) is 0 Å². The summed E-state index contributed by atoms with van der Waals surface area (Å²) in [5.74, 6) is -0.0937. The van der Waals surface area contributed by atoms with Gasteiger partial charge in [-0.3, -0.25) is 15.0 Å². The molecule has 0 aliphatic rings. The lowest BCUT2D eigenvalue weighted by molar-refractivity contribution is 0.0992. The van der Waals surface area contributed by atoms with E-state index in [4.69, 9.17) is 40.2 Å². The minimum Gasteiger partial charge on any atom is -0.363 e. The summed E-state index contributed by atoms with van der Waals surface area (Å²) in [7, 11) is 3.55. The average molecular weight is 490 g/mol. The lowest BCUT2D eigenvalue weighted by Gasteiger charge is -2.14. The Balaban J connectivity index is 1.86. The molecule has 2 aromatic carbocycles. The Morgan fingerprint density at radius 2 is 1.62 bits per heavy atom. The second-order valence-electron chi connectivity index (χ2n) is 7.15. The number of ketones is 1. The molecule has 0 bridgehead atoms. The maximum absolute atomic E-state index is 12.9. The van der Waals surface area contributed by atoms with Gasteiger partial charge in [0.2, 0.25) is 0 Å². The van der Waals surface area contributed by atoms with Crippen LogP contribution in [0.15, 0.2) is 54.7 Å². The van der Waals surface area contributed by atoms with Gasteiger partial charge < -0.3 is 10.2 Å². The van der Waals surface area contributed by atoms with Crippen LogP contribution in [0.2, 0.25) is 15.1 Å². The van der Waals surface area contributed by atoms with Crippen LogP contribution >= 0.6 is 34.8 Å². The lowest BCUT2D eigenvalue weighted by Crippen LogP contribution is -2.21. The van der Waals surface area contributed by atoms with Gasteiger partial charge in [0.1, 0.15) is 11.7 Å². The molecule has 0 atom stereocenters. The zero-order chi connectivity index (χ0) is 23.4. The number of pyridine rings is 1. The van der Waals surface area contributed by atoms with Crippen molar-refractivity contribution in [3.8, 4) is 0 Å². The molecule has 0 spiro atoms. The van der Waals surface area contributed by atoms with E-state index in [9.17, 15) is 9.59 Å². The molecule has 6 nitrogen and oxygen atoms in total. The molecule has 3 rings (SSSR count). The minimum absolute atomic E-state index is 0.0999. The quantitative estimate of drug-likeness (QED) is 0.268. The van der Waals surface area contributed by atoms with Crippen molar-refractivity contribution in [2.24, 2.45) is 0 Å². The van der Waals surface area contributed by atoms with E-state index in [0.29, 0.717) is 33.4 Å². The van der Waals surface area contributed by atoms with Crippen LogP contribution < -0.4 is 5.32 Å². The number of nitrogens with one attached hydrogen (secondary N) is 2. The van der Waals surface area contributed by atoms with E-state index in [1.807, 2.05) is 0 Å². The molecule has 9 heteroatoms. The number of Topliss-reactive ketones (excluding diaryl/α,β-unsaturated/α-hetero) is 1. The van der Waals surface area contributed by atoms with Crippen LogP contribution in [-0.2, 0) is 6.42 Å². The van der Waals surface area contributed by atoms with Gasteiger partial charge in [-0.05, 0) is 29.8 Å². The molecule has 2 N–H and O–H groups in total. The van der Waals surface area contributed by atoms with Crippen molar-refractivity contribution in [2.45, 2.75) is 6.42 Å². The van der Waals surface area contributed by atoms with E-state index < -0.39 is 5.91 Å². The molecule has 164 valence electrons. The number of hydrogen-bond donors (Lipinski definition) is 2. The molecule has 0 aliphatic heterocycles. The summed E-state index contributed by atoms with van der Waals surface area (Å²) in [6.45, 7) is 0. The highest BCUT2D eigenvalue weighted by molar-refractivity contribution is 6.36. The van der Waals surface area contributed by atoms with E-state index in [0.717, 1.165) is 0 Å². The molecular weight excluding hydrogens is 471 g/mol. The number of nitrogens with zero attached hydrogens (tertiary/aromatic N) is 2. The molecule has 0 unspecified atom stereocenters. The largest absolute Gasteiger partial charge is 0.363 e. The number of amidine groups is 1. The Kier molecular flexibility index (Phi) is 7.51. The molecule has 32 heavy (non-hydrogen) atoms. The first kappa shape index (κ1) is 23.7.